The van der Waals surface area contributed by atoms with Gasteiger partial charge in [-0.3, -0.25) is 0 Å². The van der Waals surface area contributed by atoms with Gasteiger partial charge in [0, 0.05) is 6.54 Å². The highest BCUT2D eigenvalue weighted by Crippen LogP contribution is 2.24. The Morgan fingerprint density at radius 1 is 1.05 bits per heavy atom. The van der Waals surface area contributed by atoms with Gasteiger partial charge in [0.25, 0.3) is 0 Å². The number of anilines is 1. The Kier molecular flexibility index (Phi) is 5.10. The minimum absolute atomic E-state index is 0.695. The van der Waals surface area contributed by atoms with Crippen LogP contribution in [0.15, 0.2) is 48.5 Å². The second-order valence-corrected chi connectivity index (χ2v) is 4.78. The first-order valence-electron chi connectivity index (χ1n) is 6.44. The van der Waals surface area contributed by atoms with E-state index in [1.165, 1.54) is 0 Å². The molecule has 0 aliphatic rings. The van der Waals surface area contributed by atoms with E-state index in [1.54, 1.807) is 0 Å². The zero-order chi connectivity index (χ0) is 13.5. The molecule has 0 unspecified atom stereocenters. The normalized spacial score (nSPS) is 10.2. The summed E-state index contributed by atoms with van der Waals surface area (Å²) in [5.74, 6) is 0.913. The molecule has 0 spiro atoms. The van der Waals surface area contributed by atoms with Crippen molar-refractivity contribution in [1.82, 2.24) is 0 Å². The Balaban J connectivity index is 1.73. The largest absolute Gasteiger partial charge is 0.494 e. The monoisotopic (exact) mass is 275 g/mol. The average molecular weight is 276 g/mol. The fourth-order valence-corrected chi connectivity index (χ4v) is 2.14. The van der Waals surface area contributed by atoms with Crippen molar-refractivity contribution in [3.8, 4) is 5.75 Å². The van der Waals surface area contributed by atoms with Crippen LogP contribution in [0, 0.1) is 6.92 Å². The van der Waals surface area contributed by atoms with Gasteiger partial charge in [0.1, 0.15) is 5.75 Å². The Bertz CT molecular complexity index is 493. The first-order valence-corrected chi connectivity index (χ1v) is 6.82. The lowest BCUT2D eigenvalue weighted by Crippen LogP contribution is -2.08. The second-order valence-electron chi connectivity index (χ2n) is 4.37. The molecule has 0 saturated heterocycles. The lowest BCUT2D eigenvalue weighted by atomic mass is 10.2. The highest BCUT2D eigenvalue weighted by atomic mass is 35.5. The van der Waals surface area contributed by atoms with E-state index in [2.05, 4.69) is 18.3 Å². The molecule has 0 saturated carbocycles. The Hall–Kier alpha value is -1.67. The summed E-state index contributed by atoms with van der Waals surface area (Å²) >= 11 is 6.14. The molecule has 0 heterocycles. The van der Waals surface area contributed by atoms with Gasteiger partial charge in [-0.25, -0.2) is 0 Å². The van der Waals surface area contributed by atoms with Gasteiger partial charge in [-0.2, -0.15) is 0 Å². The lowest BCUT2D eigenvalue weighted by Gasteiger charge is -2.11. The van der Waals surface area contributed by atoms with Crippen LogP contribution in [0.4, 0.5) is 5.69 Å². The Morgan fingerprint density at radius 2 is 1.84 bits per heavy atom. The van der Waals surface area contributed by atoms with Gasteiger partial charge in [0.15, 0.2) is 0 Å². The van der Waals surface area contributed by atoms with Crippen LogP contribution in [0.5, 0.6) is 5.75 Å². The number of nitrogens with one attached hydrogen (secondary N) is 1. The zero-order valence-electron chi connectivity index (χ0n) is 11.0. The first-order chi connectivity index (χ1) is 9.27. The zero-order valence-corrected chi connectivity index (χ0v) is 11.8. The predicted molar refractivity (Wildman–Crippen MR) is 81.2 cm³/mol. The number of rotatable bonds is 6. The molecular formula is C16H18ClNO. The van der Waals surface area contributed by atoms with Crippen LogP contribution in [0.3, 0.4) is 0 Å². The van der Waals surface area contributed by atoms with Crippen LogP contribution in [-0.2, 0) is 0 Å². The molecule has 100 valence electrons. The number of para-hydroxylation sites is 2. The molecule has 2 rings (SSSR count). The van der Waals surface area contributed by atoms with E-state index in [1.807, 2.05) is 42.5 Å². The van der Waals surface area contributed by atoms with Crippen molar-refractivity contribution in [2.24, 2.45) is 0 Å². The number of hydrogen-bond acceptors (Lipinski definition) is 2. The molecule has 19 heavy (non-hydrogen) atoms. The number of halogens is 1. The van der Waals surface area contributed by atoms with E-state index in [0.717, 1.165) is 35.0 Å². The molecule has 2 aromatic rings. The maximum atomic E-state index is 6.14. The van der Waals surface area contributed by atoms with Crippen molar-refractivity contribution in [1.29, 1.82) is 0 Å². The smallest absolute Gasteiger partial charge is 0.119 e. The van der Waals surface area contributed by atoms with Gasteiger partial charge in [-0.05, 0) is 37.1 Å². The molecule has 2 nitrogen and oxygen atoms in total. The molecule has 0 aliphatic carbocycles. The van der Waals surface area contributed by atoms with Crippen LogP contribution >= 0.6 is 11.6 Å². The van der Waals surface area contributed by atoms with E-state index in [9.17, 15) is 0 Å². The standard InChI is InChI=1S/C16H18ClNO/c1-13-7-5-10-15(17)16(13)18-11-6-12-19-14-8-3-2-4-9-14/h2-5,7-10,18H,6,11-12H2,1H3. The fourth-order valence-electron chi connectivity index (χ4n) is 1.85. The van der Waals surface area contributed by atoms with E-state index < -0.39 is 0 Å². The van der Waals surface area contributed by atoms with E-state index in [0.29, 0.717) is 6.61 Å². The molecule has 0 bridgehead atoms. The quantitative estimate of drug-likeness (QED) is 0.782. The number of benzene rings is 2. The topological polar surface area (TPSA) is 21.3 Å². The van der Waals surface area contributed by atoms with Crippen molar-refractivity contribution < 1.29 is 4.74 Å². The van der Waals surface area contributed by atoms with Crippen molar-refractivity contribution in [2.75, 3.05) is 18.5 Å². The highest BCUT2D eigenvalue weighted by Gasteiger charge is 2.02. The van der Waals surface area contributed by atoms with Crippen molar-refractivity contribution in [2.45, 2.75) is 13.3 Å². The molecular weight excluding hydrogens is 258 g/mol. The summed E-state index contributed by atoms with van der Waals surface area (Å²) in [5, 5.41) is 4.12. The van der Waals surface area contributed by atoms with Gasteiger partial charge in [0.2, 0.25) is 0 Å². The van der Waals surface area contributed by atoms with Crippen LogP contribution in [0.25, 0.3) is 0 Å². The van der Waals surface area contributed by atoms with Gasteiger partial charge < -0.3 is 10.1 Å². The van der Waals surface area contributed by atoms with Crippen LogP contribution in [-0.4, -0.2) is 13.2 Å². The third-order valence-corrected chi connectivity index (χ3v) is 3.17. The Labute approximate surface area is 119 Å². The number of hydrogen-bond donors (Lipinski definition) is 1. The summed E-state index contributed by atoms with van der Waals surface area (Å²) < 4.78 is 5.63. The van der Waals surface area contributed by atoms with Crippen LogP contribution in [0.2, 0.25) is 5.02 Å². The van der Waals surface area contributed by atoms with Crippen molar-refractivity contribution in [3.05, 3.63) is 59.1 Å². The van der Waals surface area contributed by atoms with Crippen LogP contribution < -0.4 is 10.1 Å². The average Bonchev–Trinajstić information content (AvgIpc) is 2.42. The highest BCUT2D eigenvalue weighted by molar-refractivity contribution is 6.33. The minimum atomic E-state index is 0.695. The number of ether oxygens (including phenoxy) is 1. The van der Waals surface area contributed by atoms with Gasteiger partial charge in [0.05, 0.1) is 17.3 Å². The summed E-state index contributed by atoms with van der Waals surface area (Å²) in [6.07, 6.45) is 0.930. The van der Waals surface area contributed by atoms with Crippen LogP contribution in [0.1, 0.15) is 12.0 Å². The fraction of sp³-hybridized carbons (Fsp3) is 0.250. The van der Waals surface area contributed by atoms with Gasteiger partial charge in [-0.1, -0.05) is 41.9 Å². The lowest BCUT2D eigenvalue weighted by molar-refractivity contribution is 0.315. The molecule has 3 heteroatoms. The van der Waals surface area contributed by atoms with Gasteiger partial charge in [-0.15, -0.1) is 0 Å². The molecule has 0 radical (unpaired) electrons. The summed E-state index contributed by atoms with van der Waals surface area (Å²) in [4.78, 5) is 0. The summed E-state index contributed by atoms with van der Waals surface area (Å²) in [5.41, 5.74) is 2.18. The molecule has 0 aromatic heterocycles. The second kappa shape index (κ2) is 7.05. The minimum Gasteiger partial charge on any atom is -0.494 e. The molecule has 0 fully saturated rings. The summed E-state index contributed by atoms with van der Waals surface area (Å²) in [7, 11) is 0. The maximum Gasteiger partial charge on any atom is 0.119 e. The van der Waals surface area contributed by atoms with Crippen molar-refractivity contribution in [3.63, 3.8) is 0 Å². The third kappa shape index (κ3) is 4.18. The molecule has 2 aromatic carbocycles. The first kappa shape index (κ1) is 13.8. The van der Waals surface area contributed by atoms with E-state index >= 15 is 0 Å². The van der Waals surface area contributed by atoms with Crippen molar-refractivity contribution >= 4 is 17.3 Å². The molecule has 0 atom stereocenters. The molecule has 0 amide bonds. The van der Waals surface area contributed by atoms with Gasteiger partial charge >= 0.3 is 0 Å². The SMILES string of the molecule is Cc1cccc(Cl)c1NCCCOc1ccccc1. The summed E-state index contributed by atoms with van der Waals surface area (Å²) in [6, 6.07) is 15.8. The van der Waals surface area contributed by atoms with E-state index in [4.69, 9.17) is 16.3 Å². The maximum absolute atomic E-state index is 6.14. The number of aryl methyl sites for hydroxylation is 1. The van der Waals surface area contributed by atoms with E-state index in [-0.39, 0.29) is 0 Å². The summed E-state index contributed by atoms with van der Waals surface area (Å²) in [6.45, 7) is 3.59. The molecule has 0 aliphatic heterocycles. The third-order valence-electron chi connectivity index (χ3n) is 2.86. The molecule has 1 N–H and O–H groups in total. The Morgan fingerprint density at radius 3 is 2.58 bits per heavy atom. The predicted octanol–water partition coefficient (Wildman–Crippen LogP) is 4.53.